The molecule has 3 heteroatoms. The van der Waals surface area contributed by atoms with Crippen molar-refractivity contribution in [2.24, 2.45) is 0 Å². The first kappa shape index (κ1) is 10.9. The average molecular weight is 195 g/mol. The van der Waals surface area contributed by atoms with Crippen molar-refractivity contribution in [3.05, 3.63) is 23.8 Å². The SMILES string of the molecule is C1CCOC1.Cc1ccc(O)c(N)c1. The maximum atomic E-state index is 8.92. The van der Waals surface area contributed by atoms with Crippen LogP contribution in [0, 0.1) is 6.92 Å². The molecule has 0 aromatic heterocycles. The topological polar surface area (TPSA) is 55.5 Å². The third kappa shape index (κ3) is 3.66. The molecule has 0 radical (unpaired) electrons. The van der Waals surface area contributed by atoms with Crippen LogP contribution >= 0.6 is 0 Å². The number of phenolic OH excluding ortho intramolecular Hbond substituents is 1. The Morgan fingerprint density at radius 2 is 1.93 bits per heavy atom. The van der Waals surface area contributed by atoms with Gasteiger partial charge in [0.25, 0.3) is 0 Å². The van der Waals surface area contributed by atoms with Crippen LogP contribution in [-0.2, 0) is 4.74 Å². The molecule has 0 aliphatic carbocycles. The van der Waals surface area contributed by atoms with Gasteiger partial charge in [0.05, 0.1) is 5.69 Å². The summed E-state index contributed by atoms with van der Waals surface area (Å²) in [6, 6.07) is 5.13. The van der Waals surface area contributed by atoms with Crippen LogP contribution in [0.2, 0.25) is 0 Å². The Kier molecular flexibility index (Phi) is 4.26. The van der Waals surface area contributed by atoms with E-state index in [-0.39, 0.29) is 5.75 Å². The Hall–Kier alpha value is -1.22. The number of nitrogen functional groups attached to an aromatic ring is 1. The number of rotatable bonds is 0. The average Bonchev–Trinajstić information content (AvgIpc) is 2.69. The van der Waals surface area contributed by atoms with E-state index in [4.69, 9.17) is 15.6 Å². The van der Waals surface area contributed by atoms with Crippen molar-refractivity contribution in [2.45, 2.75) is 19.8 Å². The van der Waals surface area contributed by atoms with E-state index in [1.165, 1.54) is 12.8 Å². The van der Waals surface area contributed by atoms with Crippen molar-refractivity contribution in [3.8, 4) is 5.75 Å². The third-order valence-corrected chi connectivity index (χ3v) is 2.01. The lowest BCUT2D eigenvalue weighted by Gasteiger charge is -1.97. The predicted molar refractivity (Wildman–Crippen MR) is 57.3 cm³/mol. The van der Waals surface area contributed by atoms with E-state index in [2.05, 4.69) is 0 Å². The zero-order valence-corrected chi connectivity index (χ0v) is 8.49. The summed E-state index contributed by atoms with van der Waals surface area (Å²) in [5.74, 6) is 0.153. The molecular weight excluding hydrogens is 178 g/mol. The first-order valence-electron chi connectivity index (χ1n) is 4.83. The van der Waals surface area contributed by atoms with Crippen molar-refractivity contribution < 1.29 is 9.84 Å². The summed E-state index contributed by atoms with van der Waals surface area (Å²) in [5, 5.41) is 8.92. The standard InChI is InChI=1S/C7H9NO.C4H8O/c1-5-2-3-7(9)6(8)4-5;1-2-4-5-3-1/h2-4,9H,8H2,1H3;1-4H2. The Bertz CT molecular complexity index is 275. The second kappa shape index (κ2) is 5.50. The predicted octanol–water partition coefficient (Wildman–Crippen LogP) is 2.08. The lowest BCUT2D eigenvalue weighted by Crippen LogP contribution is -1.85. The van der Waals surface area contributed by atoms with Crippen LogP contribution in [-0.4, -0.2) is 18.3 Å². The normalized spacial score (nSPS) is 14.6. The molecule has 0 atom stereocenters. The zero-order chi connectivity index (χ0) is 10.4. The Morgan fingerprint density at radius 3 is 2.29 bits per heavy atom. The van der Waals surface area contributed by atoms with Gasteiger partial charge in [0.1, 0.15) is 5.75 Å². The molecule has 1 aliphatic heterocycles. The summed E-state index contributed by atoms with van der Waals surface area (Å²) in [7, 11) is 0. The highest BCUT2D eigenvalue weighted by Gasteiger charge is 1.94. The summed E-state index contributed by atoms with van der Waals surface area (Å²) < 4.78 is 4.94. The van der Waals surface area contributed by atoms with Crippen LogP contribution in [0.5, 0.6) is 5.75 Å². The van der Waals surface area contributed by atoms with Gasteiger partial charge >= 0.3 is 0 Å². The minimum atomic E-state index is 0.153. The van der Waals surface area contributed by atoms with Crippen molar-refractivity contribution in [2.75, 3.05) is 18.9 Å². The first-order valence-corrected chi connectivity index (χ1v) is 4.83. The number of phenols is 1. The number of ether oxygens (including phenoxy) is 1. The van der Waals surface area contributed by atoms with Crippen LogP contribution in [0.15, 0.2) is 18.2 Å². The van der Waals surface area contributed by atoms with E-state index < -0.39 is 0 Å². The van der Waals surface area contributed by atoms with Crippen LogP contribution in [0.25, 0.3) is 0 Å². The summed E-state index contributed by atoms with van der Waals surface area (Å²) in [6.07, 6.45) is 2.56. The number of benzene rings is 1. The van der Waals surface area contributed by atoms with E-state index in [9.17, 15) is 0 Å². The number of hydrogen-bond donors (Lipinski definition) is 2. The summed E-state index contributed by atoms with van der Waals surface area (Å²) in [5.41, 5.74) is 6.87. The van der Waals surface area contributed by atoms with Crippen molar-refractivity contribution in [1.29, 1.82) is 0 Å². The molecule has 78 valence electrons. The number of aromatic hydroxyl groups is 1. The van der Waals surface area contributed by atoms with Crippen molar-refractivity contribution >= 4 is 5.69 Å². The first-order chi connectivity index (χ1) is 6.70. The molecule has 3 nitrogen and oxygen atoms in total. The van der Waals surface area contributed by atoms with E-state index in [1.54, 1.807) is 12.1 Å². The number of aryl methyl sites for hydroxylation is 1. The molecular formula is C11H17NO2. The molecule has 1 fully saturated rings. The van der Waals surface area contributed by atoms with Gasteiger partial charge in [0.2, 0.25) is 0 Å². The van der Waals surface area contributed by atoms with Crippen molar-refractivity contribution in [3.63, 3.8) is 0 Å². The van der Waals surface area contributed by atoms with Crippen molar-refractivity contribution in [1.82, 2.24) is 0 Å². The van der Waals surface area contributed by atoms with Gasteiger partial charge in [0, 0.05) is 13.2 Å². The zero-order valence-electron chi connectivity index (χ0n) is 8.49. The third-order valence-electron chi connectivity index (χ3n) is 2.01. The fourth-order valence-corrected chi connectivity index (χ4v) is 1.18. The largest absolute Gasteiger partial charge is 0.506 e. The Labute approximate surface area is 84.5 Å². The molecule has 1 aliphatic rings. The molecule has 0 unspecified atom stereocenters. The van der Waals surface area contributed by atoms with E-state index in [0.29, 0.717) is 5.69 Å². The number of hydrogen-bond acceptors (Lipinski definition) is 3. The molecule has 1 aromatic carbocycles. The summed E-state index contributed by atoms with van der Waals surface area (Å²) >= 11 is 0. The molecule has 3 N–H and O–H groups in total. The molecule has 0 amide bonds. The molecule has 0 bridgehead atoms. The maximum absolute atomic E-state index is 8.92. The number of nitrogens with two attached hydrogens (primary N) is 1. The van der Waals surface area contributed by atoms with Gasteiger partial charge in [-0.3, -0.25) is 0 Å². The second-order valence-corrected chi connectivity index (χ2v) is 3.38. The second-order valence-electron chi connectivity index (χ2n) is 3.38. The van der Waals surface area contributed by atoms with E-state index in [0.717, 1.165) is 18.8 Å². The molecule has 14 heavy (non-hydrogen) atoms. The highest BCUT2D eigenvalue weighted by Crippen LogP contribution is 2.19. The molecule has 0 spiro atoms. The summed E-state index contributed by atoms with van der Waals surface area (Å²) in [6.45, 7) is 3.93. The van der Waals surface area contributed by atoms with E-state index in [1.807, 2.05) is 13.0 Å². The summed E-state index contributed by atoms with van der Waals surface area (Å²) in [4.78, 5) is 0. The maximum Gasteiger partial charge on any atom is 0.138 e. The lowest BCUT2D eigenvalue weighted by atomic mass is 10.2. The quantitative estimate of drug-likeness (QED) is 0.492. The van der Waals surface area contributed by atoms with Gasteiger partial charge in [-0.15, -0.1) is 0 Å². The van der Waals surface area contributed by atoms with Gasteiger partial charge in [-0.25, -0.2) is 0 Å². The Morgan fingerprint density at radius 1 is 1.29 bits per heavy atom. The Balaban J connectivity index is 0.000000165. The highest BCUT2D eigenvalue weighted by molar-refractivity contribution is 5.52. The monoisotopic (exact) mass is 195 g/mol. The molecule has 1 aromatic rings. The molecule has 1 heterocycles. The fourth-order valence-electron chi connectivity index (χ4n) is 1.18. The molecule has 2 rings (SSSR count). The van der Waals surface area contributed by atoms with Crippen LogP contribution in [0.1, 0.15) is 18.4 Å². The van der Waals surface area contributed by atoms with Crippen LogP contribution < -0.4 is 5.73 Å². The smallest absolute Gasteiger partial charge is 0.138 e. The highest BCUT2D eigenvalue weighted by atomic mass is 16.5. The van der Waals surface area contributed by atoms with Gasteiger partial charge in [0.15, 0.2) is 0 Å². The van der Waals surface area contributed by atoms with Crippen LogP contribution in [0.4, 0.5) is 5.69 Å². The van der Waals surface area contributed by atoms with Gasteiger partial charge in [-0.1, -0.05) is 6.07 Å². The van der Waals surface area contributed by atoms with Gasteiger partial charge < -0.3 is 15.6 Å². The minimum Gasteiger partial charge on any atom is -0.506 e. The fraction of sp³-hybridized carbons (Fsp3) is 0.455. The molecule has 1 saturated heterocycles. The lowest BCUT2D eigenvalue weighted by molar-refractivity contribution is 0.198. The van der Waals surface area contributed by atoms with Crippen LogP contribution in [0.3, 0.4) is 0 Å². The minimum absolute atomic E-state index is 0.153. The van der Waals surface area contributed by atoms with Gasteiger partial charge in [-0.2, -0.15) is 0 Å². The number of anilines is 1. The van der Waals surface area contributed by atoms with Gasteiger partial charge in [-0.05, 0) is 37.5 Å². The molecule has 0 saturated carbocycles. The van der Waals surface area contributed by atoms with E-state index >= 15 is 0 Å².